The Kier molecular flexibility index (Phi) is 3.46. The van der Waals surface area contributed by atoms with E-state index >= 15 is 0 Å². The van der Waals surface area contributed by atoms with E-state index in [1.54, 1.807) is 24.3 Å². The largest absolute Gasteiger partial charge is 0.399 e. The molecule has 3 heteroatoms. The van der Waals surface area contributed by atoms with E-state index in [1.165, 1.54) is 0 Å². The molecular weight excluding hydrogens is 166 g/mol. The van der Waals surface area contributed by atoms with E-state index in [9.17, 15) is 4.79 Å². The predicted octanol–water partition coefficient (Wildman–Crippen LogP) is 1.55. The number of hydrogen-bond donors (Lipinski definition) is 1. The van der Waals surface area contributed by atoms with Crippen LogP contribution in [-0.2, 0) is 9.53 Å². The molecule has 2 N–H and O–H groups in total. The summed E-state index contributed by atoms with van der Waals surface area (Å²) in [5, 5.41) is 0. The summed E-state index contributed by atoms with van der Waals surface area (Å²) in [6.07, 6.45) is 0.320. The summed E-state index contributed by atoms with van der Waals surface area (Å²) in [5.41, 5.74) is 7.04. The maximum Gasteiger partial charge on any atom is 0.153 e. The Morgan fingerprint density at radius 2 is 2.08 bits per heavy atom. The zero-order chi connectivity index (χ0) is 9.68. The quantitative estimate of drug-likeness (QED) is 0.563. The minimum atomic E-state index is -0.467. The van der Waals surface area contributed by atoms with Crippen LogP contribution in [0, 0.1) is 0 Å². The van der Waals surface area contributed by atoms with Crippen LogP contribution in [0.4, 0.5) is 5.69 Å². The molecule has 0 aromatic heterocycles. The zero-order valence-electron chi connectivity index (χ0n) is 7.57. The number of rotatable bonds is 4. The molecule has 1 aromatic rings. The van der Waals surface area contributed by atoms with Crippen molar-refractivity contribution in [3.8, 4) is 0 Å². The lowest BCUT2D eigenvalue weighted by Crippen LogP contribution is -2.05. The van der Waals surface area contributed by atoms with Crippen molar-refractivity contribution >= 4 is 12.0 Å². The molecule has 0 aliphatic rings. The molecule has 13 heavy (non-hydrogen) atoms. The Morgan fingerprint density at radius 3 is 2.54 bits per heavy atom. The van der Waals surface area contributed by atoms with E-state index in [0.29, 0.717) is 12.3 Å². The van der Waals surface area contributed by atoms with Gasteiger partial charge in [0, 0.05) is 12.3 Å². The number of benzene rings is 1. The number of ether oxygens (including phenoxy) is 1. The highest BCUT2D eigenvalue weighted by Gasteiger charge is 2.08. The second kappa shape index (κ2) is 4.62. The summed E-state index contributed by atoms with van der Waals surface area (Å²) in [6, 6.07) is 7.10. The predicted molar refractivity (Wildman–Crippen MR) is 51.3 cm³/mol. The smallest absolute Gasteiger partial charge is 0.153 e. The number of anilines is 1. The first-order valence-corrected chi connectivity index (χ1v) is 4.20. The van der Waals surface area contributed by atoms with Crippen molar-refractivity contribution in [3.05, 3.63) is 29.8 Å². The molecule has 0 saturated heterocycles. The molecule has 0 aliphatic heterocycles. The number of nitrogens with two attached hydrogens (primary N) is 1. The van der Waals surface area contributed by atoms with Crippen LogP contribution in [-0.4, -0.2) is 12.9 Å². The van der Waals surface area contributed by atoms with E-state index in [0.717, 1.165) is 11.8 Å². The first kappa shape index (κ1) is 9.74. The third-order valence-electron chi connectivity index (χ3n) is 1.73. The van der Waals surface area contributed by atoms with Gasteiger partial charge in [-0.05, 0) is 24.6 Å². The van der Waals surface area contributed by atoms with Gasteiger partial charge in [-0.15, -0.1) is 0 Å². The van der Waals surface area contributed by atoms with Crippen LogP contribution in [0.2, 0.25) is 0 Å². The molecular formula is C10H13NO2. The normalized spacial score (nSPS) is 12.4. The summed E-state index contributed by atoms with van der Waals surface area (Å²) >= 11 is 0. The summed E-state index contributed by atoms with van der Waals surface area (Å²) in [4.78, 5) is 10.6. The highest BCUT2D eigenvalue weighted by molar-refractivity contribution is 5.60. The summed E-state index contributed by atoms with van der Waals surface area (Å²) in [7, 11) is 0. The molecule has 1 atom stereocenters. The van der Waals surface area contributed by atoms with Gasteiger partial charge in [0.05, 0.1) is 0 Å². The first-order chi connectivity index (χ1) is 6.27. The number of nitrogen functional groups attached to an aromatic ring is 1. The molecule has 0 saturated carbocycles. The topological polar surface area (TPSA) is 52.3 Å². The third-order valence-corrected chi connectivity index (χ3v) is 1.73. The van der Waals surface area contributed by atoms with Crippen molar-refractivity contribution in [3.63, 3.8) is 0 Å². The minimum Gasteiger partial charge on any atom is -0.399 e. The lowest BCUT2D eigenvalue weighted by Gasteiger charge is -2.10. The van der Waals surface area contributed by atoms with Crippen LogP contribution in [0.25, 0.3) is 0 Å². The van der Waals surface area contributed by atoms with Crippen molar-refractivity contribution in [2.45, 2.75) is 13.0 Å². The molecule has 1 rings (SSSR count). The van der Waals surface area contributed by atoms with E-state index < -0.39 is 6.10 Å². The molecule has 0 aliphatic carbocycles. The second-order valence-electron chi connectivity index (χ2n) is 2.68. The number of carbonyl (C=O) groups is 1. The van der Waals surface area contributed by atoms with Gasteiger partial charge in [-0.1, -0.05) is 12.1 Å². The van der Waals surface area contributed by atoms with E-state index in [1.807, 2.05) is 6.92 Å². The zero-order valence-corrected chi connectivity index (χ0v) is 7.57. The van der Waals surface area contributed by atoms with Crippen molar-refractivity contribution in [2.24, 2.45) is 0 Å². The van der Waals surface area contributed by atoms with Crippen LogP contribution in [0.15, 0.2) is 24.3 Å². The van der Waals surface area contributed by atoms with E-state index in [2.05, 4.69) is 0 Å². The van der Waals surface area contributed by atoms with Gasteiger partial charge in [0.15, 0.2) is 6.29 Å². The fourth-order valence-electron chi connectivity index (χ4n) is 1.08. The molecule has 0 fully saturated rings. The second-order valence-corrected chi connectivity index (χ2v) is 2.68. The maximum absolute atomic E-state index is 10.6. The monoisotopic (exact) mass is 179 g/mol. The minimum absolute atomic E-state index is 0.467. The van der Waals surface area contributed by atoms with Crippen molar-refractivity contribution < 1.29 is 9.53 Å². The van der Waals surface area contributed by atoms with Crippen LogP contribution in [0.1, 0.15) is 18.6 Å². The fourth-order valence-corrected chi connectivity index (χ4v) is 1.08. The van der Waals surface area contributed by atoms with Crippen LogP contribution in [0.5, 0.6) is 0 Å². The average molecular weight is 179 g/mol. The summed E-state index contributed by atoms with van der Waals surface area (Å²) in [6.45, 7) is 2.38. The van der Waals surface area contributed by atoms with E-state index in [-0.39, 0.29) is 0 Å². The Labute approximate surface area is 77.5 Å². The van der Waals surface area contributed by atoms with Gasteiger partial charge in [0.1, 0.15) is 6.10 Å². The average Bonchev–Trinajstić information content (AvgIpc) is 2.16. The van der Waals surface area contributed by atoms with Crippen LogP contribution < -0.4 is 5.73 Å². The Balaban J connectivity index is 2.79. The third kappa shape index (κ3) is 2.56. The van der Waals surface area contributed by atoms with Crippen molar-refractivity contribution in [1.29, 1.82) is 0 Å². The Bertz CT molecular complexity index is 269. The first-order valence-electron chi connectivity index (χ1n) is 4.20. The lowest BCUT2D eigenvalue weighted by atomic mass is 10.1. The molecule has 70 valence electrons. The molecule has 1 unspecified atom stereocenters. The van der Waals surface area contributed by atoms with Gasteiger partial charge in [-0.25, -0.2) is 0 Å². The summed E-state index contributed by atoms with van der Waals surface area (Å²) in [5.74, 6) is 0. The van der Waals surface area contributed by atoms with Crippen LogP contribution >= 0.6 is 0 Å². The molecule has 0 spiro atoms. The van der Waals surface area contributed by atoms with Gasteiger partial charge >= 0.3 is 0 Å². The lowest BCUT2D eigenvalue weighted by molar-refractivity contribution is -0.118. The fraction of sp³-hybridized carbons (Fsp3) is 0.300. The van der Waals surface area contributed by atoms with Crippen molar-refractivity contribution in [2.75, 3.05) is 12.3 Å². The molecule has 0 amide bonds. The Morgan fingerprint density at radius 1 is 1.46 bits per heavy atom. The standard InChI is InChI=1S/C10H13NO2/c1-2-13-10(7-12)8-3-5-9(11)6-4-8/h3-7,10H,2,11H2,1H3. The maximum atomic E-state index is 10.6. The van der Waals surface area contributed by atoms with Gasteiger partial charge < -0.3 is 15.3 Å². The van der Waals surface area contributed by atoms with Crippen molar-refractivity contribution in [1.82, 2.24) is 0 Å². The molecule has 3 nitrogen and oxygen atoms in total. The highest BCUT2D eigenvalue weighted by Crippen LogP contribution is 2.16. The Hall–Kier alpha value is -1.35. The molecule has 1 aromatic carbocycles. The number of aldehydes is 1. The molecule has 0 radical (unpaired) electrons. The number of carbonyl (C=O) groups excluding carboxylic acids is 1. The van der Waals surface area contributed by atoms with Gasteiger partial charge in [0.25, 0.3) is 0 Å². The highest BCUT2D eigenvalue weighted by atomic mass is 16.5. The van der Waals surface area contributed by atoms with E-state index in [4.69, 9.17) is 10.5 Å². The molecule has 0 heterocycles. The van der Waals surface area contributed by atoms with Gasteiger partial charge in [-0.3, -0.25) is 0 Å². The van der Waals surface area contributed by atoms with Gasteiger partial charge in [0.2, 0.25) is 0 Å². The number of hydrogen-bond acceptors (Lipinski definition) is 3. The SMILES string of the molecule is CCOC(C=O)c1ccc(N)cc1. The molecule has 0 bridgehead atoms. The van der Waals surface area contributed by atoms with Gasteiger partial charge in [-0.2, -0.15) is 0 Å². The summed E-state index contributed by atoms with van der Waals surface area (Å²) < 4.78 is 5.21. The van der Waals surface area contributed by atoms with Crippen LogP contribution in [0.3, 0.4) is 0 Å².